The molecular weight excluding hydrogens is 252 g/mol. The highest BCUT2D eigenvalue weighted by molar-refractivity contribution is 5.85. The Balaban J connectivity index is 0.00000289. The number of aliphatic hydroxyl groups excluding tert-OH is 1. The number of amides is 1. The summed E-state index contributed by atoms with van der Waals surface area (Å²) < 4.78 is 0. The van der Waals surface area contributed by atoms with E-state index < -0.39 is 11.9 Å². The standard InChI is InChI=1S/C13H20N2O2.ClH/c1-10(11-5-3-2-4-6-11)7-8-15-12(9-16)13(14)17;/h2-6,10,12,15-16H,7-9H2,1H3,(H2,14,17);1H. The van der Waals surface area contributed by atoms with Crippen LogP contribution in [-0.2, 0) is 4.79 Å². The second-order valence-electron chi connectivity index (χ2n) is 4.19. The van der Waals surface area contributed by atoms with Gasteiger partial charge in [0.1, 0.15) is 6.04 Å². The summed E-state index contributed by atoms with van der Waals surface area (Å²) in [5.74, 6) is -0.101. The van der Waals surface area contributed by atoms with Crippen LogP contribution >= 0.6 is 12.4 Å². The number of carbonyl (C=O) groups excluding carboxylic acids is 1. The Morgan fingerprint density at radius 2 is 2.00 bits per heavy atom. The number of nitrogens with one attached hydrogen (secondary N) is 1. The topological polar surface area (TPSA) is 75.3 Å². The molecule has 0 spiro atoms. The molecule has 4 nitrogen and oxygen atoms in total. The lowest BCUT2D eigenvalue weighted by Crippen LogP contribution is -2.44. The molecule has 2 atom stereocenters. The number of aliphatic hydroxyl groups is 1. The van der Waals surface area contributed by atoms with Gasteiger partial charge in [-0.2, -0.15) is 0 Å². The van der Waals surface area contributed by atoms with Gasteiger partial charge in [0.25, 0.3) is 0 Å². The minimum atomic E-state index is -0.641. The first-order valence-corrected chi connectivity index (χ1v) is 5.83. The Morgan fingerprint density at radius 1 is 1.39 bits per heavy atom. The van der Waals surface area contributed by atoms with Crippen LogP contribution < -0.4 is 11.1 Å². The predicted molar refractivity (Wildman–Crippen MR) is 74.8 cm³/mol. The van der Waals surface area contributed by atoms with Crippen molar-refractivity contribution in [2.75, 3.05) is 13.2 Å². The number of carbonyl (C=O) groups is 1. The molecular formula is C13H21ClN2O2. The number of halogens is 1. The van der Waals surface area contributed by atoms with E-state index in [0.717, 1.165) is 6.42 Å². The van der Waals surface area contributed by atoms with E-state index in [1.54, 1.807) is 0 Å². The molecule has 0 radical (unpaired) electrons. The average molecular weight is 273 g/mol. The summed E-state index contributed by atoms with van der Waals surface area (Å²) in [4.78, 5) is 10.9. The van der Waals surface area contributed by atoms with Crippen LogP contribution in [0, 0.1) is 0 Å². The molecule has 5 heteroatoms. The Hall–Kier alpha value is -1.10. The molecule has 1 amide bonds. The fourth-order valence-electron chi connectivity index (χ4n) is 1.68. The van der Waals surface area contributed by atoms with Crippen molar-refractivity contribution >= 4 is 18.3 Å². The summed E-state index contributed by atoms with van der Waals surface area (Å²) in [6.45, 7) is 2.54. The molecule has 0 aliphatic heterocycles. The monoisotopic (exact) mass is 272 g/mol. The van der Waals surface area contributed by atoms with E-state index in [2.05, 4.69) is 24.4 Å². The molecule has 2 unspecified atom stereocenters. The molecule has 1 aromatic carbocycles. The van der Waals surface area contributed by atoms with Gasteiger partial charge < -0.3 is 16.2 Å². The third-order valence-electron chi connectivity index (χ3n) is 2.86. The smallest absolute Gasteiger partial charge is 0.236 e. The molecule has 0 fully saturated rings. The minimum Gasteiger partial charge on any atom is -0.394 e. The van der Waals surface area contributed by atoms with Crippen molar-refractivity contribution in [1.82, 2.24) is 5.32 Å². The van der Waals surface area contributed by atoms with E-state index in [4.69, 9.17) is 10.8 Å². The molecule has 0 saturated carbocycles. The van der Waals surface area contributed by atoms with Crippen molar-refractivity contribution in [1.29, 1.82) is 0 Å². The summed E-state index contributed by atoms with van der Waals surface area (Å²) in [6, 6.07) is 9.55. The second kappa shape index (κ2) is 8.91. The Morgan fingerprint density at radius 3 is 2.50 bits per heavy atom. The van der Waals surface area contributed by atoms with Crippen LogP contribution in [0.4, 0.5) is 0 Å². The van der Waals surface area contributed by atoms with E-state index in [-0.39, 0.29) is 19.0 Å². The first-order chi connectivity index (χ1) is 8.15. The summed E-state index contributed by atoms with van der Waals surface area (Å²) in [5, 5.41) is 11.9. The van der Waals surface area contributed by atoms with Crippen LogP contribution in [0.2, 0.25) is 0 Å². The quantitative estimate of drug-likeness (QED) is 0.694. The summed E-state index contributed by atoms with van der Waals surface area (Å²) >= 11 is 0. The molecule has 0 saturated heterocycles. The van der Waals surface area contributed by atoms with E-state index in [1.165, 1.54) is 5.56 Å². The largest absolute Gasteiger partial charge is 0.394 e. The zero-order valence-electron chi connectivity index (χ0n) is 10.5. The third kappa shape index (κ3) is 5.49. The van der Waals surface area contributed by atoms with Gasteiger partial charge in [0.05, 0.1) is 6.61 Å². The van der Waals surface area contributed by atoms with Gasteiger partial charge in [-0.3, -0.25) is 4.79 Å². The van der Waals surface area contributed by atoms with Crippen LogP contribution in [-0.4, -0.2) is 30.2 Å². The maximum absolute atomic E-state index is 10.9. The van der Waals surface area contributed by atoms with Gasteiger partial charge in [0, 0.05) is 0 Å². The molecule has 0 aromatic heterocycles. The Bertz CT molecular complexity index is 346. The van der Waals surface area contributed by atoms with Crippen LogP contribution in [0.25, 0.3) is 0 Å². The van der Waals surface area contributed by atoms with Crippen molar-refractivity contribution in [2.45, 2.75) is 25.3 Å². The third-order valence-corrected chi connectivity index (χ3v) is 2.86. The lowest BCUT2D eigenvalue weighted by molar-refractivity contribution is -0.120. The van der Waals surface area contributed by atoms with Gasteiger partial charge in [0.15, 0.2) is 0 Å². The normalized spacial score (nSPS) is 13.4. The molecule has 18 heavy (non-hydrogen) atoms. The highest BCUT2D eigenvalue weighted by Crippen LogP contribution is 2.17. The lowest BCUT2D eigenvalue weighted by atomic mass is 9.98. The van der Waals surface area contributed by atoms with Gasteiger partial charge in [-0.05, 0) is 24.4 Å². The zero-order chi connectivity index (χ0) is 12.7. The van der Waals surface area contributed by atoms with E-state index in [1.807, 2.05) is 18.2 Å². The average Bonchev–Trinajstić information content (AvgIpc) is 2.35. The number of hydrogen-bond donors (Lipinski definition) is 3. The first kappa shape index (κ1) is 16.9. The Labute approximate surface area is 114 Å². The highest BCUT2D eigenvalue weighted by Gasteiger charge is 2.13. The van der Waals surface area contributed by atoms with Crippen LogP contribution in [0.15, 0.2) is 30.3 Å². The summed E-state index contributed by atoms with van der Waals surface area (Å²) in [5.41, 5.74) is 6.39. The number of benzene rings is 1. The molecule has 0 heterocycles. The van der Waals surface area contributed by atoms with Gasteiger partial charge in [-0.1, -0.05) is 37.3 Å². The lowest BCUT2D eigenvalue weighted by Gasteiger charge is -2.15. The van der Waals surface area contributed by atoms with Crippen molar-refractivity contribution < 1.29 is 9.90 Å². The van der Waals surface area contributed by atoms with Gasteiger partial charge in [-0.15, -0.1) is 12.4 Å². The predicted octanol–water partition coefficient (Wildman–Crippen LogP) is 1.04. The molecule has 1 rings (SSSR count). The minimum absolute atomic E-state index is 0. The molecule has 102 valence electrons. The van der Waals surface area contributed by atoms with E-state index >= 15 is 0 Å². The second-order valence-corrected chi connectivity index (χ2v) is 4.19. The maximum atomic E-state index is 10.9. The van der Waals surface area contributed by atoms with Crippen LogP contribution in [0.5, 0.6) is 0 Å². The SMILES string of the molecule is CC(CCNC(CO)C(N)=O)c1ccccc1.Cl. The van der Waals surface area contributed by atoms with Crippen LogP contribution in [0.3, 0.4) is 0 Å². The highest BCUT2D eigenvalue weighted by atomic mass is 35.5. The fourth-order valence-corrected chi connectivity index (χ4v) is 1.68. The van der Waals surface area contributed by atoms with Gasteiger partial charge >= 0.3 is 0 Å². The van der Waals surface area contributed by atoms with Crippen molar-refractivity contribution in [3.05, 3.63) is 35.9 Å². The van der Waals surface area contributed by atoms with Crippen molar-refractivity contribution in [3.8, 4) is 0 Å². The molecule has 1 aromatic rings. The van der Waals surface area contributed by atoms with Crippen molar-refractivity contribution in [2.24, 2.45) is 5.73 Å². The number of nitrogens with two attached hydrogens (primary N) is 1. The Kier molecular flexibility index (Phi) is 8.37. The van der Waals surface area contributed by atoms with E-state index in [0.29, 0.717) is 12.5 Å². The maximum Gasteiger partial charge on any atom is 0.236 e. The van der Waals surface area contributed by atoms with Crippen molar-refractivity contribution in [3.63, 3.8) is 0 Å². The first-order valence-electron chi connectivity index (χ1n) is 5.83. The molecule has 0 bridgehead atoms. The number of rotatable bonds is 7. The zero-order valence-corrected chi connectivity index (χ0v) is 11.3. The van der Waals surface area contributed by atoms with E-state index in [9.17, 15) is 4.79 Å². The fraction of sp³-hybridized carbons (Fsp3) is 0.462. The molecule has 4 N–H and O–H groups in total. The van der Waals surface area contributed by atoms with Gasteiger partial charge in [-0.25, -0.2) is 0 Å². The summed E-state index contributed by atoms with van der Waals surface area (Å²) in [7, 11) is 0. The molecule has 0 aliphatic rings. The number of hydrogen-bond acceptors (Lipinski definition) is 3. The van der Waals surface area contributed by atoms with Gasteiger partial charge in [0.2, 0.25) is 5.91 Å². The summed E-state index contributed by atoms with van der Waals surface area (Å²) in [6.07, 6.45) is 0.897. The number of primary amides is 1. The van der Waals surface area contributed by atoms with Crippen LogP contribution in [0.1, 0.15) is 24.8 Å². The molecule has 0 aliphatic carbocycles.